The van der Waals surface area contributed by atoms with Gasteiger partial charge in [0.15, 0.2) is 0 Å². The van der Waals surface area contributed by atoms with E-state index in [0.29, 0.717) is 0 Å². The van der Waals surface area contributed by atoms with Crippen LogP contribution >= 0.6 is 0 Å². The second-order valence-corrected chi connectivity index (χ2v) is 3.50. The average molecular weight is 191 g/mol. The maximum atomic E-state index is 6.04. The van der Waals surface area contributed by atoms with Gasteiger partial charge in [-0.2, -0.15) is 10.2 Å². The maximum Gasteiger partial charge on any atom is 0.0648 e. The van der Waals surface area contributed by atoms with Gasteiger partial charge in [0.05, 0.1) is 11.4 Å². The molecule has 76 valence electrons. The zero-order valence-electron chi connectivity index (χ0n) is 8.83. The number of aromatic nitrogens is 2. The molecule has 1 heterocycles. The van der Waals surface area contributed by atoms with Crippen molar-refractivity contribution < 1.29 is 0 Å². The second kappa shape index (κ2) is 4.86. The summed E-state index contributed by atoms with van der Waals surface area (Å²) in [4.78, 5) is 0. The summed E-state index contributed by atoms with van der Waals surface area (Å²) in [5, 5.41) is 8.03. The van der Waals surface area contributed by atoms with Crippen LogP contribution in [0.5, 0.6) is 0 Å². The van der Waals surface area contributed by atoms with Crippen molar-refractivity contribution in [1.29, 1.82) is 0 Å². The largest absolute Gasteiger partial charge is 0.324 e. The van der Waals surface area contributed by atoms with E-state index < -0.39 is 0 Å². The molecule has 2 N–H and O–H groups in total. The number of allylic oxidation sites excluding steroid dienone is 1. The molecule has 0 aliphatic heterocycles. The third-order valence-electron chi connectivity index (χ3n) is 2.22. The van der Waals surface area contributed by atoms with Gasteiger partial charge in [-0.15, -0.1) is 6.58 Å². The Morgan fingerprint density at radius 2 is 2.21 bits per heavy atom. The zero-order chi connectivity index (χ0) is 10.6. The predicted octanol–water partition coefficient (Wildman–Crippen LogP) is 2.06. The van der Waals surface area contributed by atoms with Crippen molar-refractivity contribution in [2.45, 2.75) is 32.7 Å². The molecule has 1 rings (SSSR count). The quantitative estimate of drug-likeness (QED) is 0.741. The third kappa shape index (κ3) is 2.64. The standard InChI is InChI=1S/C11H17N3/c1-4-5-6-11(12)10-7-8(2)13-14-9(10)3/h4,7,11H,1,5-6,12H2,2-3H3. The Labute approximate surface area is 85.0 Å². The Morgan fingerprint density at radius 1 is 1.50 bits per heavy atom. The summed E-state index contributed by atoms with van der Waals surface area (Å²) >= 11 is 0. The fraction of sp³-hybridized carbons (Fsp3) is 0.455. The van der Waals surface area contributed by atoms with Gasteiger partial charge in [-0.25, -0.2) is 0 Å². The summed E-state index contributed by atoms with van der Waals surface area (Å²) < 4.78 is 0. The van der Waals surface area contributed by atoms with E-state index in [-0.39, 0.29) is 6.04 Å². The van der Waals surface area contributed by atoms with Gasteiger partial charge in [0.1, 0.15) is 0 Å². The molecule has 3 heteroatoms. The third-order valence-corrected chi connectivity index (χ3v) is 2.22. The van der Waals surface area contributed by atoms with E-state index in [9.17, 15) is 0 Å². The van der Waals surface area contributed by atoms with Gasteiger partial charge in [0, 0.05) is 6.04 Å². The first-order valence-electron chi connectivity index (χ1n) is 4.82. The highest BCUT2D eigenvalue weighted by Gasteiger charge is 2.09. The SMILES string of the molecule is C=CCCC(N)c1cc(C)nnc1C. The Kier molecular flexibility index (Phi) is 3.77. The Hall–Kier alpha value is -1.22. The summed E-state index contributed by atoms with van der Waals surface area (Å²) in [5.74, 6) is 0. The van der Waals surface area contributed by atoms with Crippen LogP contribution in [0.4, 0.5) is 0 Å². The monoisotopic (exact) mass is 191 g/mol. The van der Waals surface area contributed by atoms with E-state index in [1.165, 1.54) is 0 Å². The van der Waals surface area contributed by atoms with Crippen LogP contribution in [0.15, 0.2) is 18.7 Å². The van der Waals surface area contributed by atoms with Crippen LogP contribution < -0.4 is 5.73 Å². The van der Waals surface area contributed by atoms with Crippen LogP contribution in [-0.2, 0) is 0 Å². The van der Waals surface area contributed by atoms with Crippen molar-refractivity contribution in [2.75, 3.05) is 0 Å². The lowest BCUT2D eigenvalue weighted by molar-refractivity contribution is 0.647. The molecule has 1 aromatic rings. The van der Waals surface area contributed by atoms with Gasteiger partial charge >= 0.3 is 0 Å². The van der Waals surface area contributed by atoms with Crippen molar-refractivity contribution >= 4 is 0 Å². The van der Waals surface area contributed by atoms with E-state index in [0.717, 1.165) is 29.8 Å². The molecule has 1 atom stereocenters. The molecule has 1 unspecified atom stereocenters. The molecule has 1 aromatic heterocycles. The topological polar surface area (TPSA) is 51.8 Å². The molecule has 0 aliphatic rings. The molecule has 0 fully saturated rings. The first-order valence-corrected chi connectivity index (χ1v) is 4.82. The average Bonchev–Trinajstić information content (AvgIpc) is 2.18. The van der Waals surface area contributed by atoms with Crippen LogP contribution in [0, 0.1) is 13.8 Å². The lowest BCUT2D eigenvalue weighted by atomic mass is 10.0. The molecule has 0 spiro atoms. The number of aryl methyl sites for hydroxylation is 2. The van der Waals surface area contributed by atoms with Crippen LogP contribution in [-0.4, -0.2) is 10.2 Å². The van der Waals surface area contributed by atoms with Crippen LogP contribution in [0.25, 0.3) is 0 Å². The van der Waals surface area contributed by atoms with Crippen molar-refractivity contribution in [3.05, 3.63) is 35.7 Å². The van der Waals surface area contributed by atoms with E-state index in [2.05, 4.69) is 16.8 Å². The molecule has 0 radical (unpaired) electrons. The van der Waals surface area contributed by atoms with Gasteiger partial charge in [0.2, 0.25) is 0 Å². The molecule has 0 saturated heterocycles. The van der Waals surface area contributed by atoms with Crippen LogP contribution in [0.3, 0.4) is 0 Å². The van der Waals surface area contributed by atoms with E-state index in [1.54, 1.807) is 0 Å². The number of nitrogens with two attached hydrogens (primary N) is 1. The zero-order valence-corrected chi connectivity index (χ0v) is 8.83. The summed E-state index contributed by atoms with van der Waals surface area (Å²) in [5.41, 5.74) is 8.97. The number of hydrogen-bond donors (Lipinski definition) is 1. The molecule has 0 bridgehead atoms. The highest BCUT2D eigenvalue weighted by Crippen LogP contribution is 2.18. The van der Waals surface area contributed by atoms with Crippen molar-refractivity contribution in [2.24, 2.45) is 5.73 Å². The Balaban J connectivity index is 2.82. The smallest absolute Gasteiger partial charge is 0.0648 e. The number of hydrogen-bond acceptors (Lipinski definition) is 3. The summed E-state index contributed by atoms with van der Waals surface area (Å²) in [6, 6.07) is 2.05. The first-order chi connectivity index (χ1) is 6.65. The molecule has 0 amide bonds. The predicted molar refractivity (Wildman–Crippen MR) is 57.9 cm³/mol. The van der Waals surface area contributed by atoms with Gasteiger partial charge < -0.3 is 5.73 Å². The molecule has 0 aliphatic carbocycles. The molecule has 0 saturated carbocycles. The fourth-order valence-electron chi connectivity index (χ4n) is 1.40. The van der Waals surface area contributed by atoms with Crippen molar-refractivity contribution in [3.63, 3.8) is 0 Å². The minimum absolute atomic E-state index is 0.0437. The van der Waals surface area contributed by atoms with E-state index in [4.69, 9.17) is 5.73 Å². The van der Waals surface area contributed by atoms with Crippen LogP contribution in [0.2, 0.25) is 0 Å². The summed E-state index contributed by atoms with van der Waals surface area (Å²) in [6.45, 7) is 7.55. The lowest BCUT2D eigenvalue weighted by Gasteiger charge is -2.12. The Bertz CT molecular complexity index is 320. The molecular formula is C11H17N3. The first kappa shape index (κ1) is 10.9. The minimum atomic E-state index is 0.0437. The summed E-state index contributed by atoms with van der Waals surface area (Å²) in [6.07, 6.45) is 3.73. The van der Waals surface area contributed by atoms with Gasteiger partial charge in [-0.1, -0.05) is 6.08 Å². The number of nitrogens with zero attached hydrogens (tertiary/aromatic N) is 2. The van der Waals surface area contributed by atoms with Crippen molar-refractivity contribution in [1.82, 2.24) is 10.2 Å². The van der Waals surface area contributed by atoms with Crippen molar-refractivity contribution in [3.8, 4) is 0 Å². The fourth-order valence-corrected chi connectivity index (χ4v) is 1.40. The maximum absolute atomic E-state index is 6.04. The molecule has 0 aromatic carbocycles. The minimum Gasteiger partial charge on any atom is -0.324 e. The Morgan fingerprint density at radius 3 is 2.86 bits per heavy atom. The molecular weight excluding hydrogens is 174 g/mol. The van der Waals surface area contributed by atoms with E-state index >= 15 is 0 Å². The highest BCUT2D eigenvalue weighted by atomic mass is 15.1. The second-order valence-electron chi connectivity index (χ2n) is 3.50. The van der Waals surface area contributed by atoms with Gasteiger partial charge in [0.25, 0.3) is 0 Å². The van der Waals surface area contributed by atoms with Gasteiger partial charge in [-0.3, -0.25) is 0 Å². The van der Waals surface area contributed by atoms with E-state index in [1.807, 2.05) is 26.0 Å². The molecule has 14 heavy (non-hydrogen) atoms. The number of rotatable bonds is 4. The highest BCUT2D eigenvalue weighted by molar-refractivity contribution is 5.23. The normalized spacial score (nSPS) is 12.5. The lowest BCUT2D eigenvalue weighted by Crippen LogP contribution is -2.13. The van der Waals surface area contributed by atoms with Crippen LogP contribution in [0.1, 0.15) is 35.8 Å². The van der Waals surface area contributed by atoms with Gasteiger partial charge in [-0.05, 0) is 38.3 Å². The molecule has 3 nitrogen and oxygen atoms in total. The summed E-state index contributed by atoms with van der Waals surface area (Å²) in [7, 11) is 0.